The van der Waals surface area contributed by atoms with E-state index < -0.39 is 12.2 Å². The van der Waals surface area contributed by atoms with Crippen LogP contribution in [0.15, 0.2) is 42.7 Å². The van der Waals surface area contributed by atoms with E-state index in [1.165, 1.54) is 0 Å². The van der Waals surface area contributed by atoms with Crippen molar-refractivity contribution in [2.75, 3.05) is 18.5 Å². The zero-order valence-corrected chi connectivity index (χ0v) is 17.2. The van der Waals surface area contributed by atoms with Crippen molar-refractivity contribution >= 4 is 45.3 Å². The lowest BCUT2D eigenvalue weighted by molar-refractivity contribution is -0.124. The van der Waals surface area contributed by atoms with E-state index in [0.717, 1.165) is 16.3 Å². The summed E-state index contributed by atoms with van der Waals surface area (Å²) in [5.74, 6) is 0.638. The van der Waals surface area contributed by atoms with Crippen LogP contribution in [-0.4, -0.2) is 44.6 Å². The third kappa shape index (κ3) is 3.78. The molecule has 0 aliphatic heterocycles. The number of amides is 1. The standard InChI is InChI=1S/C21H20ClFN6O/c1-21(2,20(30)24-8-7-23)29-19-13-5-3-4-6-16(13)27-18(28-19)15-11-26-17-14(15)9-12(22)10-25-17/h3-6,9-11H,7-8H2,1-2H3,(H,24,30)(H,25,26)(H,27,28,29). The van der Waals surface area contributed by atoms with Gasteiger partial charge in [0.15, 0.2) is 5.82 Å². The summed E-state index contributed by atoms with van der Waals surface area (Å²) in [6.07, 6.45) is 3.35. The minimum Gasteiger partial charge on any atom is -0.356 e. The van der Waals surface area contributed by atoms with Crippen molar-refractivity contribution < 1.29 is 9.18 Å². The SMILES string of the molecule is CC(C)(Nc1nc(-c2c[nH]c3ncc(Cl)cc23)nc2ccccc12)C(=O)NCCF. The Morgan fingerprint density at radius 1 is 1.23 bits per heavy atom. The number of benzene rings is 1. The molecule has 3 heterocycles. The molecule has 1 amide bonds. The monoisotopic (exact) mass is 426 g/mol. The molecule has 7 nitrogen and oxygen atoms in total. The molecular weight excluding hydrogens is 407 g/mol. The zero-order valence-electron chi connectivity index (χ0n) is 16.5. The molecule has 0 saturated heterocycles. The van der Waals surface area contributed by atoms with Crippen LogP contribution in [0.25, 0.3) is 33.3 Å². The van der Waals surface area contributed by atoms with Crippen LogP contribution in [0, 0.1) is 0 Å². The van der Waals surface area contributed by atoms with Crippen LogP contribution in [-0.2, 0) is 4.79 Å². The van der Waals surface area contributed by atoms with Gasteiger partial charge in [-0.1, -0.05) is 23.7 Å². The fraction of sp³-hybridized carbons (Fsp3) is 0.238. The average molecular weight is 427 g/mol. The molecule has 0 spiro atoms. The predicted octanol–water partition coefficient (Wildman–Crippen LogP) is 4.10. The quantitative estimate of drug-likeness (QED) is 0.431. The van der Waals surface area contributed by atoms with E-state index in [1.807, 2.05) is 24.3 Å². The second-order valence-electron chi connectivity index (χ2n) is 7.36. The Labute approximate surface area is 177 Å². The Bertz CT molecular complexity index is 1240. The molecule has 0 radical (unpaired) electrons. The minimum atomic E-state index is -1.02. The van der Waals surface area contributed by atoms with Gasteiger partial charge in [-0.05, 0) is 32.0 Å². The molecule has 3 aromatic heterocycles. The molecule has 0 bridgehead atoms. The number of rotatable bonds is 6. The molecule has 0 unspecified atom stereocenters. The van der Waals surface area contributed by atoms with Crippen LogP contribution in [0.2, 0.25) is 5.02 Å². The number of para-hydroxylation sites is 1. The van der Waals surface area contributed by atoms with Crippen LogP contribution >= 0.6 is 11.6 Å². The number of carbonyl (C=O) groups excluding carboxylic acids is 1. The summed E-state index contributed by atoms with van der Waals surface area (Å²) >= 11 is 6.12. The summed E-state index contributed by atoms with van der Waals surface area (Å²) in [4.78, 5) is 29.3. The van der Waals surface area contributed by atoms with E-state index in [1.54, 1.807) is 32.3 Å². The van der Waals surface area contributed by atoms with Crippen molar-refractivity contribution in [3.05, 3.63) is 47.7 Å². The highest BCUT2D eigenvalue weighted by atomic mass is 35.5. The van der Waals surface area contributed by atoms with Gasteiger partial charge in [-0.15, -0.1) is 0 Å². The number of pyridine rings is 1. The van der Waals surface area contributed by atoms with Crippen LogP contribution in [0.5, 0.6) is 0 Å². The smallest absolute Gasteiger partial charge is 0.245 e. The maximum atomic E-state index is 12.5. The van der Waals surface area contributed by atoms with Gasteiger partial charge in [0.05, 0.1) is 10.5 Å². The first-order valence-electron chi connectivity index (χ1n) is 9.41. The number of alkyl halides is 1. The van der Waals surface area contributed by atoms with Crippen molar-refractivity contribution in [3.63, 3.8) is 0 Å². The van der Waals surface area contributed by atoms with E-state index in [4.69, 9.17) is 21.6 Å². The van der Waals surface area contributed by atoms with Gasteiger partial charge in [0.25, 0.3) is 0 Å². The number of nitrogens with zero attached hydrogens (tertiary/aromatic N) is 3. The fourth-order valence-electron chi connectivity index (χ4n) is 3.19. The van der Waals surface area contributed by atoms with E-state index in [9.17, 15) is 9.18 Å². The normalized spacial score (nSPS) is 11.7. The van der Waals surface area contributed by atoms with E-state index in [2.05, 4.69) is 20.6 Å². The molecular formula is C21H20ClFN6O. The van der Waals surface area contributed by atoms with Crippen molar-refractivity contribution in [3.8, 4) is 11.4 Å². The van der Waals surface area contributed by atoms with Crippen molar-refractivity contribution in [2.24, 2.45) is 0 Å². The second-order valence-corrected chi connectivity index (χ2v) is 7.80. The van der Waals surface area contributed by atoms with Gasteiger partial charge in [0.1, 0.15) is 23.7 Å². The van der Waals surface area contributed by atoms with Crippen LogP contribution in [0.4, 0.5) is 10.2 Å². The van der Waals surface area contributed by atoms with E-state index >= 15 is 0 Å². The summed E-state index contributed by atoms with van der Waals surface area (Å²) in [5, 5.41) is 7.83. The Hall–Kier alpha value is -3.26. The number of nitrogens with one attached hydrogen (secondary N) is 3. The summed E-state index contributed by atoms with van der Waals surface area (Å²) in [7, 11) is 0. The van der Waals surface area contributed by atoms with Gasteiger partial charge in [0.2, 0.25) is 5.91 Å². The van der Waals surface area contributed by atoms with Crippen molar-refractivity contribution in [1.29, 1.82) is 0 Å². The number of aromatic amines is 1. The molecule has 0 aliphatic rings. The lowest BCUT2D eigenvalue weighted by Crippen LogP contribution is -2.48. The highest BCUT2D eigenvalue weighted by Gasteiger charge is 2.28. The highest BCUT2D eigenvalue weighted by Crippen LogP contribution is 2.31. The van der Waals surface area contributed by atoms with E-state index in [0.29, 0.717) is 27.8 Å². The van der Waals surface area contributed by atoms with Gasteiger partial charge >= 0.3 is 0 Å². The number of H-pyrrole nitrogens is 1. The van der Waals surface area contributed by atoms with Crippen LogP contribution in [0.3, 0.4) is 0 Å². The third-order valence-corrected chi connectivity index (χ3v) is 4.93. The number of hydrogen-bond donors (Lipinski definition) is 3. The van der Waals surface area contributed by atoms with Crippen molar-refractivity contribution in [1.82, 2.24) is 25.3 Å². The lowest BCUT2D eigenvalue weighted by atomic mass is 10.0. The number of carbonyl (C=O) groups is 1. The molecule has 4 aromatic rings. The first kappa shape index (κ1) is 20.0. The first-order chi connectivity index (χ1) is 14.4. The molecule has 1 aromatic carbocycles. The summed E-state index contributed by atoms with van der Waals surface area (Å²) in [6.45, 7) is 2.77. The summed E-state index contributed by atoms with van der Waals surface area (Å²) in [6, 6.07) is 9.32. The average Bonchev–Trinajstić information content (AvgIpc) is 3.14. The Kier molecular flexibility index (Phi) is 5.26. The van der Waals surface area contributed by atoms with Gasteiger partial charge < -0.3 is 15.6 Å². The number of halogens is 2. The first-order valence-corrected chi connectivity index (χ1v) is 9.79. The van der Waals surface area contributed by atoms with Gasteiger partial charge in [-0.3, -0.25) is 4.79 Å². The molecule has 4 rings (SSSR count). The third-order valence-electron chi connectivity index (χ3n) is 4.72. The Morgan fingerprint density at radius 3 is 2.83 bits per heavy atom. The van der Waals surface area contributed by atoms with Gasteiger partial charge in [-0.2, -0.15) is 0 Å². The predicted molar refractivity (Wildman–Crippen MR) is 116 cm³/mol. The lowest BCUT2D eigenvalue weighted by Gasteiger charge is -2.26. The topological polar surface area (TPSA) is 95.6 Å². The zero-order chi connectivity index (χ0) is 21.3. The largest absolute Gasteiger partial charge is 0.356 e. The number of fused-ring (bicyclic) bond motifs is 2. The molecule has 0 atom stereocenters. The number of anilines is 1. The maximum absolute atomic E-state index is 12.5. The Balaban J connectivity index is 1.82. The highest BCUT2D eigenvalue weighted by molar-refractivity contribution is 6.31. The molecule has 0 saturated carbocycles. The second kappa shape index (κ2) is 7.87. The summed E-state index contributed by atoms with van der Waals surface area (Å²) in [5.41, 5.74) is 1.11. The van der Waals surface area contributed by atoms with Crippen LogP contribution < -0.4 is 10.6 Å². The number of hydrogen-bond acceptors (Lipinski definition) is 5. The Morgan fingerprint density at radius 2 is 2.03 bits per heavy atom. The van der Waals surface area contributed by atoms with Gasteiger partial charge in [0, 0.05) is 35.3 Å². The molecule has 0 fully saturated rings. The number of aromatic nitrogens is 4. The van der Waals surface area contributed by atoms with Crippen molar-refractivity contribution in [2.45, 2.75) is 19.4 Å². The fourth-order valence-corrected chi connectivity index (χ4v) is 3.35. The maximum Gasteiger partial charge on any atom is 0.245 e. The molecule has 30 heavy (non-hydrogen) atoms. The van der Waals surface area contributed by atoms with Crippen LogP contribution in [0.1, 0.15) is 13.8 Å². The summed E-state index contributed by atoms with van der Waals surface area (Å²) < 4.78 is 12.5. The van der Waals surface area contributed by atoms with E-state index in [-0.39, 0.29) is 12.5 Å². The molecule has 0 aliphatic carbocycles. The van der Waals surface area contributed by atoms with Gasteiger partial charge in [-0.25, -0.2) is 19.3 Å². The molecule has 154 valence electrons. The minimum absolute atomic E-state index is 0.0389. The molecule has 3 N–H and O–H groups in total. The molecule has 9 heteroatoms.